The average molecular weight is 541 g/mol. The first kappa shape index (κ1) is 27.4. The van der Waals surface area contributed by atoms with Crippen molar-refractivity contribution in [2.24, 2.45) is 5.92 Å². The summed E-state index contributed by atoms with van der Waals surface area (Å²) in [5, 5.41) is 4.51. The SMILES string of the molecule is CC(C)[C@@H](NC(=O)OC(C)(C)C)C(=O)N1CCN(c2ccc(Cl)cc2Cl)[C@H](c2ccc(Cl)cc2)C1. The Hall–Kier alpha value is -2.15. The maximum atomic E-state index is 13.6. The number of hydrogen-bond donors (Lipinski definition) is 1. The van der Waals surface area contributed by atoms with Gasteiger partial charge in [0, 0.05) is 29.7 Å². The number of piperazine rings is 1. The minimum absolute atomic E-state index is 0.118. The summed E-state index contributed by atoms with van der Waals surface area (Å²) in [5.74, 6) is -0.264. The first-order valence-corrected chi connectivity index (χ1v) is 12.7. The van der Waals surface area contributed by atoms with Crippen LogP contribution in [0.4, 0.5) is 10.5 Å². The molecule has 6 nitrogen and oxygen atoms in total. The zero-order valence-corrected chi connectivity index (χ0v) is 22.9. The molecule has 35 heavy (non-hydrogen) atoms. The van der Waals surface area contributed by atoms with E-state index in [1.54, 1.807) is 37.8 Å². The molecule has 0 aromatic heterocycles. The molecule has 1 aliphatic heterocycles. The van der Waals surface area contributed by atoms with Gasteiger partial charge in [-0.25, -0.2) is 4.79 Å². The van der Waals surface area contributed by atoms with E-state index in [9.17, 15) is 9.59 Å². The maximum Gasteiger partial charge on any atom is 0.408 e. The van der Waals surface area contributed by atoms with Crippen LogP contribution in [0, 0.1) is 5.92 Å². The van der Waals surface area contributed by atoms with E-state index in [4.69, 9.17) is 39.5 Å². The molecule has 3 rings (SSSR count). The summed E-state index contributed by atoms with van der Waals surface area (Å²) in [6, 6.07) is 12.1. The third-order valence-corrected chi connectivity index (χ3v) is 6.56. The molecule has 190 valence electrons. The standard InChI is InChI=1S/C26H32Cl3N3O3/c1-16(2)23(30-25(34)35-26(3,4)5)24(33)31-12-13-32(21-11-10-19(28)14-20(21)29)22(15-31)17-6-8-18(27)9-7-17/h6-11,14,16,22-23H,12-13,15H2,1-5H3,(H,30,34)/t22-,23+/m0/s1. The van der Waals surface area contributed by atoms with Gasteiger partial charge in [-0.3, -0.25) is 4.79 Å². The lowest BCUT2D eigenvalue weighted by atomic mass is 9.98. The van der Waals surface area contributed by atoms with Crippen LogP contribution in [0.5, 0.6) is 0 Å². The Morgan fingerprint density at radius 2 is 1.63 bits per heavy atom. The number of anilines is 1. The summed E-state index contributed by atoms with van der Waals surface area (Å²) in [6.45, 7) is 10.6. The molecule has 1 N–H and O–H groups in total. The van der Waals surface area contributed by atoms with Crippen LogP contribution in [0.1, 0.15) is 46.2 Å². The molecule has 1 saturated heterocycles. The molecule has 0 aliphatic carbocycles. The molecule has 0 saturated carbocycles. The predicted octanol–water partition coefficient (Wildman–Crippen LogP) is 6.59. The van der Waals surface area contributed by atoms with E-state index in [0.717, 1.165) is 11.3 Å². The molecule has 0 unspecified atom stereocenters. The third kappa shape index (κ3) is 7.18. The van der Waals surface area contributed by atoms with Crippen LogP contribution >= 0.6 is 34.8 Å². The zero-order valence-electron chi connectivity index (χ0n) is 20.6. The first-order valence-electron chi connectivity index (χ1n) is 11.6. The fourth-order valence-electron chi connectivity index (χ4n) is 4.10. The quantitative estimate of drug-likeness (QED) is 0.465. The van der Waals surface area contributed by atoms with Gasteiger partial charge in [0.2, 0.25) is 5.91 Å². The Kier molecular flexibility index (Phi) is 8.84. The lowest BCUT2D eigenvalue weighted by Gasteiger charge is -2.44. The second kappa shape index (κ2) is 11.3. The lowest BCUT2D eigenvalue weighted by molar-refractivity contribution is -0.135. The molecule has 2 amide bonds. The largest absolute Gasteiger partial charge is 0.444 e. The van der Waals surface area contributed by atoms with Crippen molar-refractivity contribution in [3.05, 3.63) is 63.1 Å². The van der Waals surface area contributed by atoms with Gasteiger partial charge in [-0.1, -0.05) is 60.8 Å². The summed E-state index contributed by atoms with van der Waals surface area (Å²) in [6.07, 6.45) is -0.606. The number of nitrogens with zero attached hydrogens (tertiary/aromatic N) is 2. The van der Waals surface area contributed by atoms with Gasteiger partial charge < -0.3 is 19.9 Å². The van der Waals surface area contributed by atoms with Crippen LogP contribution < -0.4 is 10.2 Å². The van der Waals surface area contributed by atoms with Gasteiger partial charge in [-0.05, 0) is 62.6 Å². The van der Waals surface area contributed by atoms with E-state index in [1.807, 2.05) is 44.2 Å². The Morgan fingerprint density at radius 1 is 1.00 bits per heavy atom. The number of carbonyl (C=O) groups excluding carboxylic acids is 2. The predicted molar refractivity (Wildman–Crippen MR) is 143 cm³/mol. The van der Waals surface area contributed by atoms with Gasteiger partial charge >= 0.3 is 6.09 Å². The van der Waals surface area contributed by atoms with Gasteiger partial charge in [-0.15, -0.1) is 0 Å². The summed E-state index contributed by atoms with van der Waals surface area (Å²) in [5.41, 5.74) is 1.19. The van der Waals surface area contributed by atoms with Gasteiger partial charge in [0.25, 0.3) is 0 Å². The maximum absolute atomic E-state index is 13.6. The van der Waals surface area contributed by atoms with Crippen molar-refractivity contribution >= 4 is 52.5 Å². The van der Waals surface area contributed by atoms with Crippen molar-refractivity contribution in [2.75, 3.05) is 24.5 Å². The normalized spacial score (nSPS) is 17.3. The number of rotatable bonds is 5. The molecule has 2 aromatic carbocycles. The van der Waals surface area contributed by atoms with E-state index in [1.165, 1.54) is 0 Å². The molecule has 0 spiro atoms. The molecule has 1 fully saturated rings. The minimum Gasteiger partial charge on any atom is -0.444 e. The van der Waals surface area contributed by atoms with Crippen molar-refractivity contribution in [3.63, 3.8) is 0 Å². The molecular weight excluding hydrogens is 509 g/mol. The van der Waals surface area contributed by atoms with E-state index in [2.05, 4.69) is 10.2 Å². The number of nitrogens with one attached hydrogen (secondary N) is 1. The Morgan fingerprint density at radius 3 is 2.20 bits per heavy atom. The second-order valence-electron chi connectivity index (χ2n) is 10.0. The summed E-state index contributed by atoms with van der Waals surface area (Å²) >= 11 is 18.8. The van der Waals surface area contributed by atoms with E-state index >= 15 is 0 Å². The number of benzene rings is 2. The second-order valence-corrected chi connectivity index (χ2v) is 11.3. The van der Waals surface area contributed by atoms with Crippen LogP contribution in [0.25, 0.3) is 0 Å². The molecule has 0 bridgehead atoms. The summed E-state index contributed by atoms with van der Waals surface area (Å²) < 4.78 is 5.39. The zero-order chi connectivity index (χ0) is 25.9. The van der Waals surface area contributed by atoms with Crippen LogP contribution in [-0.2, 0) is 9.53 Å². The van der Waals surface area contributed by atoms with E-state index in [0.29, 0.717) is 34.7 Å². The molecule has 1 aliphatic rings. The highest BCUT2D eigenvalue weighted by Crippen LogP contribution is 2.37. The Labute approximate surface area is 222 Å². The Balaban J connectivity index is 1.87. The van der Waals surface area contributed by atoms with Crippen LogP contribution in [-0.4, -0.2) is 48.2 Å². The van der Waals surface area contributed by atoms with Gasteiger partial charge in [0.05, 0.1) is 16.8 Å². The molecule has 2 aromatic rings. The number of alkyl carbamates (subject to hydrolysis) is 1. The molecule has 0 radical (unpaired) electrons. The summed E-state index contributed by atoms with van der Waals surface area (Å²) in [4.78, 5) is 30.0. The highest BCUT2D eigenvalue weighted by molar-refractivity contribution is 6.36. The van der Waals surface area contributed by atoms with Gasteiger partial charge in [0.1, 0.15) is 11.6 Å². The highest BCUT2D eigenvalue weighted by atomic mass is 35.5. The number of hydrogen-bond acceptors (Lipinski definition) is 4. The molecule has 9 heteroatoms. The molecule has 1 heterocycles. The monoisotopic (exact) mass is 539 g/mol. The number of ether oxygens (including phenoxy) is 1. The lowest BCUT2D eigenvalue weighted by Crippen LogP contribution is -2.57. The third-order valence-electron chi connectivity index (χ3n) is 5.77. The topological polar surface area (TPSA) is 61.9 Å². The fraction of sp³-hybridized carbons (Fsp3) is 0.462. The number of carbonyl (C=O) groups is 2. The smallest absolute Gasteiger partial charge is 0.408 e. The van der Waals surface area contributed by atoms with Crippen LogP contribution in [0.3, 0.4) is 0 Å². The van der Waals surface area contributed by atoms with E-state index in [-0.39, 0.29) is 17.9 Å². The van der Waals surface area contributed by atoms with E-state index < -0.39 is 17.7 Å². The van der Waals surface area contributed by atoms with Gasteiger partial charge in [0.15, 0.2) is 0 Å². The van der Waals surface area contributed by atoms with Crippen molar-refractivity contribution in [1.82, 2.24) is 10.2 Å². The highest BCUT2D eigenvalue weighted by Gasteiger charge is 2.36. The minimum atomic E-state index is -0.707. The summed E-state index contributed by atoms with van der Waals surface area (Å²) in [7, 11) is 0. The van der Waals surface area contributed by atoms with Crippen molar-refractivity contribution in [2.45, 2.75) is 52.3 Å². The number of halogens is 3. The fourth-order valence-corrected chi connectivity index (χ4v) is 4.74. The van der Waals surface area contributed by atoms with Crippen molar-refractivity contribution < 1.29 is 14.3 Å². The number of amides is 2. The first-order chi connectivity index (χ1) is 16.4. The van der Waals surface area contributed by atoms with Crippen molar-refractivity contribution in [3.8, 4) is 0 Å². The van der Waals surface area contributed by atoms with Crippen molar-refractivity contribution in [1.29, 1.82) is 0 Å². The van der Waals surface area contributed by atoms with Gasteiger partial charge in [-0.2, -0.15) is 0 Å². The average Bonchev–Trinajstić information content (AvgIpc) is 2.76. The Bertz CT molecular complexity index is 1050. The van der Waals surface area contributed by atoms with Crippen LogP contribution in [0.15, 0.2) is 42.5 Å². The van der Waals surface area contributed by atoms with Crippen LogP contribution in [0.2, 0.25) is 15.1 Å². The molecule has 2 atom stereocenters. The molecular formula is C26H32Cl3N3O3.